The molecule has 100 valence electrons. The van der Waals surface area contributed by atoms with Crippen molar-refractivity contribution in [3.63, 3.8) is 0 Å². The molecule has 0 aliphatic carbocycles. The summed E-state index contributed by atoms with van der Waals surface area (Å²) in [6.45, 7) is 12.1. The molecule has 17 heavy (non-hydrogen) atoms. The van der Waals surface area contributed by atoms with E-state index in [2.05, 4.69) is 25.7 Å². The van der Waals surface area contributed by atoms with Crippen LogP contribution in [0, 0.1) is 11.3 Å². The van der Waals surface area contributed by atoms with Gasteiger partial charge < -0.3 is 10.5 Å². The number of nitrogens with two attached hydrogens (primary N) is 1. The standard InChI is InChI=1S/C14H28N2O/c1-13(2,3)12-4-7-16(10-12)14(11-15)5-8-17-9-6-14/h12H,4-11,15H2,1-3H3. The van der Waals surface area contributed by atoms with Crippen molar-refractivity contribution in [2.75, 3.05) is 32.8 Å². The van der Waals surface area contributed by atoms with E-state index in [1.807, 2.05) is 0 Å². The van der Waals surface area contributed by atoms with E-state index in [9.17, 15) is 0 Å². The fraction of sp³-hybridized carbons (Fsp3) is 1.00. The Morgan fingerprint density at radius 1 is 1.29 bits per heavy atom. The fourth-order valence-corrected chi connectivity index (χ4v) is 3.30. The highest BCUT2D eigenvalue weighted by Crippen LogP contribution is 2.38. The largest absolute Gasteiger partial charge is 0.381 e. The first-order chi connectivity index (χ1) is 7.98. The maximum absolute atomic E-state index is 6.08. The van der Waals surface area contributed by atoms with Crippen LogP contribution >= 0.6 is 0 Å². The number of rotatable bonds is 2. The summed E-state index contributed by atoms with van der Waals surface area (Å²) < 4.78 is 5.50. The Labute approximate surface area is 106 Å². The Kier molecular flexibility index (Phi) is 3.81. The SMILES string of the molecule is CC(C)(C)C1CCN(C2(CN)CCOCC2)C1. The molecule has 0 aromatic rings. The van der Waals surface area contributed by atoms with Crippen molar-refractivity contribution in [1.29, 1.82) is 0 Å². The molecule has 0 spiro atoms. The quantitative estimate of drug-likeness (QED) is 0.801. The highest BCUT2D eigenvalue weighted by Gasteiger charge is 2.43. The molecule has 0 saturated carbocycles. The Hall–Kier alpha value is -0.120. The molecule has 0 amide bonds. The third-order valence-electron chi connectivity index (χ3n) is 4.89. The summed E-state index contributed by atoms with van der Waals surface area (Å²) in [6, 6.07) is 0. The Morgan fingerprint density at radius 2 is 1.94 bits per heavy atom. The zero-order chi connectivity index (χ0) is 12.5. The average Bonchev–Trinajstić information content (AvgIpc) is 2.79. The number of likely N-dealkylation sites (tertiary alicyclic amines) is 1. The molecule has 2 aliphatic heterocycles. The van der Waals surface area contributed by atoms with E-state index < -0.39 is 0 Å². The summed E-state index contributed by atoms with van der Waals surface area (Å²) in [6.07, 6.45) is 3.55. The molecule has 2 heterocycles. The molecule has 2 aliphatic rings. The molecule has 2 saturated heterocycles. The van der Waals surface area contributed by atoms with Gasteiger partial charge in [-0.2, -0.15) is 0 Å². The molecular formula is C14H28N2O. The van der Waals surface area contributed by atoms with Gasteiger partial charge in [0, 0.05) is 31.8 Å². The van der Waals surface area contributed by atoms with Crippen LogP contribution in [0.5, 0.6) is 0 Å². The minimum atomic E-state index is 0.234. The minimum Gasteiger partial charge on any atom is -0.381 e. The number of nitrogens with zero attached hydrogens (tertiary/aromatic N) is 1. The van der Waals surface area contributed by atoms with Crippen molar-refractivity contribution < 1.29 is 4.74 Å². The highest BCUT2D eigenvalue weighted by molar-refractivity contribution is 4.98. The predicted molar refractivity (Wildman–Crippen MR) is 71.0 cm³/mol. The van der Waals surface area contributed by atoms with Crippen LogP contribution in [0.25, 0.3) is 0 Å². The van der Waals surface area contributed by atoms with Crippen LogP contribution in [0.15, 0.2) is 0 Å². The maximum Gasteiger partial charge on any atom is 0.0484 e. The van der Waals surface area contributed by atoms with Crippen LogP contribution in [0.1, 0.15) is 40.0 Å². The van der Waals surface area contributed by atoms with Crippen LogP contribution in [0.2, 0.25) is 0 Å². The first-order valence-corrected chi connectivity index (χ1v) is 7.01. The zero-order valence-electron chi connectivity index (χ0n) is 11.7. The lowest BCUT2D eigenvalue weighted by Gasteiger charge is -2.44. The summed E-state index contributed by atoms with van der Waals surface area (Å²) in [5.74, 6) is 0.814. The molecule has 3 nitrogen and oxygen atoms in total. The van der Waals surface area contributed by atoms with Crippen molar-refractivity contribution >= 4 is 0 Å². The topological polar surface area (TPSA) is 38.5 Å². The molecule has 3 heteroatoms. The Bertz CT molecular complexity index is 253. The first kappa shape index (κ1) is 13.3. The van der Waals surface area contributed by atoms with E-state index in [1.54, 1.807) is 0 Å². The highest BCUT2D eigenvalue weighted by atomic mass is 16.5. The Morgan fingerprint density at radius 3 is 2.41 bits per heavy atom. The molecular weight excluding hydrogens is 212 g/mol. The van der Waals surface area contributed by atoms with Gasteiger partial charge in [-0.15, -0.1) is 0 Å². The van der Waals surface area contributed by atoms with Crippen LogP contribution < -0.4 is 5.73 Å². The molecule has 2 N–H and O–H groups in total. The number of hydrogen-bond donors (Lipinski definition) is 1. The van der Waals surface area contributed by atoms with Gasteiger partial charge in [0.2, 0.25) is 0 Å². The van der Waals surface area contributed by atoms with Crippen molar-refractivity contribution in [3.05, 3.63) is 0 Å². The molecule has 0 aromatic carbocycles. The van der Waals surface area contributed by atoms with Crippen molar-refractivity contribution in [1.82, 2.24) is 4.90 Å². The van der Waals surface area contributed by atoms with Crippen molar-refractivity contribution in [3.8, 4) is 0 Å². The van der Waals surface area contributed by atoms with Gasteiger partial charge in [0.15, 0.2) is 0 Å². The maximum atomic E-state index is 6.08. The molecule has 0 radical (unpaired) electrons. The molecule has 2 fully saturated rings. The average molecular weight is 240 g/mol. The lowest BCUT2D eigenvalue weighted by atomic mass is 9.80. The smallest absolute Gasteiger partial charge is 0.0484 e. The van der Waals surface area contributed by atoms with Gasteiger partial charge in [0.1, 0.15) is 0 Å². The summed E-state index contributed by atoms with van der Waals surface area (Å²) >= 11 is 0. The monoisotopic (exact) mass is 240 g/mol. The van der Waals surface area contributed by atoms with E-state index in [0.29, 0.717) is 5.41 Å². The summed E-state index contributed by atoms with van der Waals surface area (Å²) in [4.78, 5) is 2.66. The summed E-state index contributed by atoms with van der Waals surface area (Å²) in [5, 5.41) is 0. The van der Waals surface area contributed by atoms with E-state index >= 15 is 0 Å². The van der Waals surface area contributed by atoms with E-state index in [1.165, 1.54) is 19.5 Å². The van der Waals surface area contributed by atoms with Crippen LogP contribution in [0.4, 0.5) is 0 Å². The molecule has 2 rings (SSSR count). The zero-order valence-corrected chi connectivity index (χ0v) is 11.7. The number of hydrogen-bond acceptors (Lipinski definition) is 3. The summed E-state index contributed by atoms with van der Waals surface area (Å²) in [5.41, 5.74) is 6.74. The molecule has 1 atom stereocenters. The van der Waals surface area contributed by atoms with Crippen molar-refractivity contribution in [2.24, 2.45) is 17.1 Å². The normalized spacial score (nSPS) is 30.7. The van der Waals surface area contributed by atoms with Gasteiger partial charge in [-0.1, -0.05) is 20.8 Å². The van der Waals surface area contributed by atoms with Crippen LogP contribution in [0.3, 0.4) is 0 Å². The predicted octanol–water partition coefficient (Wildman–Crippen LogP) is 1.86. The summed E-state index contributed by atoms with van der Waals surface area (Å²) in [7, 11) is 0. The molecule has 0 aromatic heterocycles. The second-order valence-electron chi connectivity index (χ2n) is 6.84. The van der Waals surface area contributed by atoms with Gasteiger partial charge in [-0.3, -0.25) is 4.90 Å². The van der Waals surface area contributed by atoms with E-state index in [4.69, 9.17) is 10.5 Å². The van der Waals surface area contributed by atoms with Gasteiger partial charge >= 0.3 is 0 Å². The van der Waals surface area contributed by atoms with E-state index in [0.717, 1.165) is 38.5 Å². The lowest BCUT2D eigenvalue weighted by molar-refractivity contribution is -0.0175. The van der Waals surface area contributed by atoms with Gasteiger partial charge in [0.25, 0.3) is 0 Å². The van der Waals surface area contributed by atoms with Gasteiger partial charge in [0.05, 0.1) is 0 Å². The third-order valence-corrected chi connectivity index (χ3v) is 4.89. The fourth-order valence-electron chi connectivity index (χ4n) is 3.30. The lowest BCUT2D eigenvalue weighted by Crippen LogP contribution is -2.56. The minimum absolute atomic E-state index is 0.234. The number of ether oxygens (including phenoxy) is 1. The van der Waals surface area contributed by atoms with Gasteiger partial charge in [-0.05, 0) is 37.1 Å². The Balaban J connectivity index is 2.03. The van der Waals surface area contributed by atoms with Crippen molar-refractivity contribution in [2.45, 2.75) is 45.6 Å². The van der Waals surface area contributed by atoms with Crippen LogP contribution in [-0.4, -0.2) is 43.3 Å². The first-order valence-electron chi connectivity index (χ1n) is 7.01. The second-order valence-corrected chi connectivity index (χ2v) is 6.84. The third kappa shape index (κ3) is 2.67. The second kappa shape index (κ2) is 4.87. The van der Waals surface area contributed by atoms with E-state index in [-0.39, 0.29) is 5.54 Å². The molecule has 0 bridgehead atoms. The van der Waals surface area contributed by atoms with Crippen LogP contribution in [-0.2, 0) is 4.74 Å². The molecule has 1 unspecified atom stereocenters. The van der Waals surface area contributed by atoms with Gasteiger partial charge in [-0.25, -0.2) is 0 Å².